The zero-order valence-corrected chi connectivity index (χ0v) is 15.0. The molecule has 2 aliphatic heterocycles. The lowest BCUT2D eigenvalue weighted by Crippen LogP contribution is -2.53. The van der Waals surface area contributed by atoms with Gasteiger partial charge in [0.15, 0.2) is 5.82 Å². The highest BCUT2D eigenvalue weighted by Gasteiger charge is 2.34. The molecule has 25 heavy (non-hydrogen) atoms. The summed E-state index contributed by atoms with van der Waals surface area (Å²) in [5.41, 5.74) is 5.41. The molecule has 0 aliphatic carbocycles. The molecule has 2 N–H and O–H groups in total. The first-order valence-corrected chi connectivity index (χ1v) is 9.08. The van der Waals surface area contributed by atoms with Crippen molar-refractivity contribution in [1.82, 2.24) is 19.9 Å². The highest BCUT2D eigenvalue weighted by atomic mass is 16.5. The van der Waals surface area contributed by atoms with Crippen molar-refractivity contribution in [3.05, 3.63) is 11.7 Å². The smallest absolute Gasteiger partial charge is 0.239 e. The van der Waals surface area contributed by atoms with Crippen LogP contribution in [0, 0.1) is 12.8 Å². The summed E-state index contributed by atoms with van der Waals surface area (Å²) in [6.07, 6.45) is 3.43. The predicted octanol–water partition coefficient (Wildman–Crippen LogP) is 0.670. The molecule has 3 heterocycles. The minimum absolute atomic E-state index is 0.0954. The summed E-state index contributed by atoms with van der Waals surface area (Å²) < 4.78 is 5.28. The number of aryl methyl sites for hydroxylation is 1. The Hall–Kier alpha value is -1.96. The standard InChI is InChI=1S/C17H27N5O3/c1-11(17(24)22-7-3-4-14(10-22)15(18)23)21-8-5-13(6-9-21)16-19-12(2)20-25-16/h11,13-14H,3-10H2,1-2H3,(H2,18,23)/t11-,14-/m0/s1. The molecule has 2 saturated heterocycles. The van der Waals surface area contributed by atoms with Crippen LogP contribution in [0.2, 0.25) is 0 Å². The zero-order valence-electron chi connectivity index (χ0n) is 15.0. The van der Waals surface area contributed by atoms with Gasteiger partial charge in [-0.2, -0.15) is 4.98 Å². The highest BCUT2D eigenvalue weighted by Crippen LogP contribution is 2.28. The first-order chi connectivity index (χ1) is 12.0. The van der Waals surface area contributed by atoms with E-state index in [2.05, 4.69) is 15.0 Å². The summed E-state index contributed by atoms with van der Waals surface area (Å²) in [4.78, 5) is 32.6. The van der Waals surface area contributed by atoms with Crippen molar-refractivity contribution >= 4 is 11.8 Å². The van der Waals surface area contributed by atoms with Gasteiger partial charge in [-0.25, -0.2) is 0 Å². The fourth-order valence-corrected chi connectivity index (χ4v) is 3.84. The number of hydrogen-bond acceptors (Lipinski definition) is 6. The third-order valence-electron chi connectivity index (χ3n) is 5.46. The molecule has 0 spiro atoms. The molecule has 1 aromatic rings. The molecule has 8 heteroatoms. The molecule has 2 aliphatic rings. The number of rotatable bonds is 4. The number of primary amides is 1. The van der Waals surface area contributed by atoms with Gasteiger partial charge in [0.2, 0.25) is 17.7 Å². The molecule has 8 nitrogen and oxygen atoms in total. The lowest BCUT2D eigenvalue weighted by molar-refractivity contribution is -0.140. The molecule has 0 radical (unpaired) electrons. The number of nitrogens with two attached hydrogens (primary N) is 1. The maximum Gasteiger partial charge on any atom is 0.239 e. The van der Waals surface area contributed by atoms with E-state index in [1.807, 2.05) is 13.8 Å². The Bertz CT molecular complexity index is 624. The van der Waals surface area contributed by atoms with E-state index in [1.165, 1.54) is 0 Å². The van der Waals surface area contributed by atoms with Crippen molar-refractivity contribution in [3.8, 4) is 0 Å². The highest BCUT2D eigenvalue weighted by molar-refractivity contribution is 5.83. The Morgan fingerprint density at radius 1 is 1.24 bits per heavy atom. The van der Waals surface area contributed by atoms with Crippen LogP contribution >= 0.6 is 0 Å². The van der Waals surface area contributed by atoms with Gasteiger partial charge in [0.1, 0.15) is 0 Å². The number of amides is 2. The molecule has 138 valence electrons. The Balaban J connectivity index is 1.54. The molecule has 1 aromatic heterocycles. The maximum atomic E-state index is 12.8. The van der Waals surface area contributed by atoms with Crippen LogP contribution in [-0.4, -0.2) is 64.0 Å². The van der Waals surface area contributed by atoms with Gasteiger partial charge in [-0.3, -0.25) is 14.5 Å². The van der Waals surface area contributed by atoms with Crippen LogP contribution in [0.3, 0.4) is 0 Å². The predicted molar refractivity (Wildman–Crippen MR) is 90.5 cm³/mol. The summed E-state index contributed by atoms with van der Waals surface area (Å²) in [5.74, 6) is 1.22. The second-order valence-electron chi connectivity index (χ2n) is 7.19. The number of carbonyl (C=O) groups excluding carboxylic acids is 2. The van der Waals surface area contributed by atoms with E-state index in [0.717, 1.165) is 38.8 Å². The van der Waals surface area contributed by atoms with E-state index in [0.29, 0.717) is 24.8 Å². The fourth-order valence-electron chi connectivity index (χ4n) is 3.84. The summed E-state index contributed by atoms with van der Waals surface area (Å²) in [6.45, 7) is 6.59. The Morgan fingerprint density at radius 3 is 2.56 bits per heavy atom. The molecule has 2 atom stereocenters. The zero-order chi connectivity index (χ0) is 18.0. The van der Waals surface area contributed by atoms with Crippen molar-refractivity contribution in [2.24, 2.45) is 11.7 Å². The summed E-state index contributed by atoms with van der Waals surface area (Å²) in [6, 6.07) is -0.183. The summed E-state index contributed by atoms with van der Waals surface area (Å²) in [5, 5.41) is 3.86. The van der Waals surface area contributed by atoms with Crippen LogP contribution in [-0.2, 0) is 9.59 Å². The Morgan fingerprint density at radius 2 is 1.96 bits per heavy atom. The average molecular weight is 349 g/mol. The molecule has 3 rings (SSSR count). The van der Waals surface area contributed by atoms with Gasteiger partial charge in [-0.15, -0.1) is 0 Å². The minimum atomic E-state index is -0.305. The van der Waals surface area contributed by atoms with Gasteiger partial charge in [0.25, 0.3) is 0 Å². The van der Waals surface area contributed by atoms with E-state index >= 15 is 0 Å². The van der Waals surface area contributed by atoms with Gasteiger partial charge in [-0.05, 0) is 52.6 Å². The van der Waals surface area contributed by atoms with Crippen LogP contribution < -0.4 is 5.73 Å². The second-order valence-corrected chi connectivity index (χ2v) is 7.19. The number of carbonyl (C=O) groups is 2. The van der Waals surface area contributed by atoms with Crippen molar-refractivity contribution in [2.45, 2.75) is 51.5 Å². The van der Waals surface area contributed by atoms with E-state index in [4.69, 9.17) is 10.3 Å². The van der Waals surface area contributed by atoms with Crippen LogP contribution in [0.4, 0.5) is 0 Å². The van der Waals surface area contributed by atoms with Crippen LogP contribution in [0.5, 0.6) is 0 Å². The second kappa shape index (κ2) is 7.51. The van der Waals surface area contributed by atoms with Crippen molar-refractivity contribution in [3.63, 3.8) is 0 Å². The lowest BCUT2D eigenvalue weighted by Gasteiger charge is -2.38. The van der Waals surface area contributed by atoms with Crippen LogP contribution in [0.25, 0.3) is 0 Å². The summed E-state index contributed by atoms with van der Waals surface area (Å²) >= 11 is 0. The molecule has 2 amide bonds. The number of hydrogen-bond donors (Lipinski definition) is 1. The van der Waals surface area contributed by atoms with E-state index in [9.17, 15) is 9.59 Å². The van der Waals surface area contributed by atoms with Gasteiger partial charge in [-0.1, -0.05) is 5.16 Å². The molecule has 0 saturated carbocycles. The van der Waals surface area contributed by atoms with Gasteiger partial charge in [0.05, 0.1) is 12.0 Å². The first-order valence-electron chi connectivity index (χ1n) is 9.08. The molecule has 0 unspecified atom stereocenters. The van der Waals surface area contributed by atoms with Gasteiger partial charge >= 0.3 is 0 Å². The van der Waals surface area contributed by atoms with Crippen molar-refractivity contribution in [1.29, 1.82) is 0 Å². The third-order valence-corrected chi connectivity index (χ3v) is 5.46. The third kappa shape index (κ3) is 4.00. The quantitative estimate of drug-likeness (QED) is 0.856. The summed E-state index contributed by atoms with van der Waals surface area (Å²) in [7, 11) is 0. The largest absolute Gasteiger partial charge is 0.369 e. The van der Waals surface area contributed by atoms with Gasteiger partial charge < -0.3 is 15.2 Å². The Kier molecular flexibility index (Phi) is 5.36. The molecule has 0 aromatic carbocycles. The number of aromatic nitrogens is 2. The average Bonchev–Trinajstić information content (AvgIpc) is 3.07. The van der Waals surface area contributed by atoms with E-state index < -0.39 is 0 Å². The van der Waals surface area contributed by atoms with Crippen LogP contribution in [0.15, 0.2) is 4.52 Å². The van der Waals surface area contributed by atoms with Crippen LogP contribution in [0.1, 0.15) is 50.2 Å². The molecular weight excluding hydrogens is 322 g/mol. The molecule has 0 bridgehead atoms. The van der Waals surface area contributed by atoms with Gasteiger partial charge in [0, 0.05) is 19.0 Å². The lowest BCUT2D eigenvalue weighted by atomic mass is 9.94. The normalized spacial score (nSPS) is 24.2. The van der Waals surface area contributed by atoms with Crippen molar-refractivity contribution < 1.29 is 14.1 Å². The molecular formula is C17H27N5O3. The SMILES string of the molecule is Cc1noc(C2CCN([C@@H](C)C(=O)N3CCC[C@H](C(N)=O)C3)CC2)n1. The first kappa shape index (κ1) is 17.8. The van der Waals surface area contributed by atoms with E-state index in [-0.39, 0.29) is 29.7 Å². The topological polar surface area (TPSA) is 106 Å². The Labute approximate surface area is 147 Å². The maximum absolute atomic E-state index is 12.8. The monoisotopic (exact) mass is 349 g/mol. The fraction of sp³-hybridized carbons (Fsp3) is 0.765. The number of likely N-dealkylation sites (tertiary alicyclic amines) is 2. The minimum Gasteiger partial charge on any atom is -0.369 e. The number of piperidine rings is 2. The number of nitrogens with zero attached hydrogens (tertiary/aromatic N) is 4. The molecule has 2 fully saturated rings. The van der Waals surface area contributed by atoms with E-state index in [1.54, 1.807) is 4.90 Å². The van der Waals surface area contributed by atoms with Crippen molar-refractivity contribution in [2.75, 3.05) is 26.2 Å².